The molecule has 0 radical (unpaired) electrons. The van der Waals surface area contributed by atoms with Crippen LogP contribution in [0.2, 0.25) is 0 Å². The molecular weight excluding hydrogens is 333 g/mol. The third-order valence-electron chi connectivity index (χ3n) is 5.38. The molecule has 1 saturated carbocycles. The first-order valence-electron chi connectivity index (χ1n) is 9.56. The van der Waals surface area contributed by atoms with Crippen LogP contribution in [0.15, 0.2) is 24.3 Å². The number of nitrogens with zero attached hydrogens (tertiary/aromatic N) is 2. The number of amides is 2. The van der Waals surface area contributed by atoms with Gasteiger partial charge in [-0.3, -0.25) is 14.5 Å². The van der Waals surface area contributed by atoms with Gasteiger partial charge in [0.2, 0.25) is 11.8 Å². The summed E-state index contributed by atoms with van der Waals surface area (Å²) in [4.78, 5) is 28.3. The van der Waals surface area contributed by atoms with Crippen molar-refractivity contribution in [1.82, 2.24) is 15.1 Å². The van der Waals surface area contributed by atoms with Crippen LogP contribution in [0, 0.1) is 17.7 Å². The summed E-state index contributed by atoms with van der Waals surface area (Å²) >= 11 is 0. The largest absolute Gasteiger partial charge is 0.355 e. The van der Waals surface area contributed by atoms with Gasteiger partial charge in [0.1, 0.15) is 5.82 Å². The Hall–Kier alpha value is -1.95. The van der Waals surface area contributed by atoms with E-state index in [2.05, 4.69) is 17.1 Å². The topological polar surface area (TPSA) is 52.7 Å². The van der Waals surface area contributed by atoms with Gasteiger partial charge in [-0.25, -0.2) is 4.39 Å². The van der Waals surface area contributed by atoms with Gasteiger partial charge < -0.3 is 10.2 Å². The van der Waals surface area contributed by atoms with E-state index in [1.807, 2.05) is 17.0 Å². The average molecular weight is 361 g/mol. The summed E-state index contributed by atoms with van der Waals surface area (Å²) in [6.45, 7) is 6.03. The standard InChI is InChI=1S/C20H28FN3O2/c1-15-13-17(15)20(26)22-8-7-19(25)24-10-4-9-23(11-12-24)14-16-5-2-3-6-18(16)21/h2-3,5-6,15,17H,4,7-14H2,1H3,(H,22,26)/t15-,17-/m1/s1. The number of nitrogens with one attached hydrogen (secondary N) is 1. The van der Waals surface area contributed by atoms with Crippen LogP contribution in [-0.4, -0.2) is 54.3 Å². The molecule has 2 aliphatic rings. The van der Waals surface area contributed by atoms with Crippen LogP contribution >= 0.6 is 0 Å². The molecule has 26 heavy (non-hydrogen) atoms. The monoisotopic (exact) mass is 361 g/mol. The van der Waals surface area contributed by atoms with Crippen LogP contribution in [0.5, 0.6) is 0 Å². The van der Waals surface area contributed by atoms with Crippen LogP contribution in [-0.2, 0) is 16.1 Å². The lowest BCUT2D eigenvalue weighted by Crippen LogP contribution is -2.37. The molecular formula is C20H28FN3O2. The highest BCUT2D eigenvalue weighted by Gasteiger charge is 2.38. The molecule has 0 unspecified atom stereocenters. The minimum absolute atomic E-state index is 0.0808. The molecule has 1 aliphatic heterocycles. The van der Waals surface area contributed by atoms with Crippen molar-refractivity contribution in [1.29, 1.82) is 0 Å². The Morgan fingerprint density at radius 2 is 1.96 bits per heavy atom. The van der Waals surface area contributed by atoms with Gasteiger partial charge in [-0.1, -0.05) is 25.1 Å². The maximum atomic E-state index is 13.8. The smallest absolute Gasteiger partial charge is 0.224 e. The van der Waals surface area contributed by atoms with Gasteiger partial charge in [0.25, 0.3) is 0 Å². The van der Waals surface area contributed by atoms with Gasteiger partial charge in [0.05, 0.1) is 0 Å². The lowest BCUT2D eigenvalue weighted by Gasteiger charge is -2.22. The lowest BCUT2D eigenvalue weighted by atomic mass is 10.2. The Bertz CT molecular complexity index is 652. The van der Waals surface area contributed by atoms with Gasteiger partial charge in [-0.05, 0) is 24.8 Å². The lowest BCUT2D eigenvalue weighted by molar-refractivity contribution is -0.131. The Labute approximate surface area is 154 Å². The average Bonchev–Trinajstić information content (AvgIpc) is 3.39. The van der Waals surface area contributed by atoms with E-state index in [0.29, 0.717) is 37.5 Å². The first-order chi connectivity index (χ1) is 12.5. The SMILES string of the molecule is C[C@@H]1C[C@H]1C(=O)NCCC(=O)N1CCCN(Cc2ccccc2F)CC1. The van der Waals surface area contributed by atoms with Crippen LogP contribution in [0.4, 0.5) is 4.39 Å². The molecule has 6 heteroatoms. The number of benzene rings is 1. The van der Waals surface area contributed by atoms with E-state index >= 15 is 0 Å². The van der Waals surface area contributed by atoms with Gasteiger partial charge in [0, 0.05) is 57.2 Å². The maximum absolute atomic E-state index is 13.8. The molecule has 1 aliphatic carbocycles. The molecule has 2 fully saturated rings. The molecule has 0 aromatic heterocycles. The second-order valence-electron chi connectivity index (χ2n) is 7.46. The first-order valence-corrected chi connectivity index (χ1v) is 9.56. The highest BCUT2D eigenvalue weighted by atomic mass is 19.1. The zero-order valence-corrected chi connectivity index (χ0v) is 15.4. The fraction of sp³-hybridized carbons (Fsp3) is 0.600. The van der Waals surface area contributed by atoms with E-state index in [-0.39, 0.29) is 23.5 Å². The molecule has 1 saturated heterocycles. The number of carbonyl (C=O) groups is 2. The van der Waals surface area contributed by atoms with Crippen molar-refractivity contribution in [3.05, 3.63) is 35.6 Å². The van der Waals surface area contributed by atoms with Crippen molar-refractivity contribution < 1.29 is 14.0 Å². The minimum Gasteiger partial charge on any atom is -0.355 e. The van der Waals surface area contributed by atoms with Crippen LogP contribution < -0.4 is 5.32 Å². The Morgan fingerprint density at radius 1 is 1.19 bits per heavy atom. The summed E-state index contributed by atoms with van der Waals surface area (Å²) in [6.07, 6.45) is 2.19. The summed E-state index contributed by atoms with van der Waals surface area (Å²) in [7, 11) is 0. The summed E-state index contributed by atoms with van der Waals surface area (Å²) in [5.74, 6) is 0.622. The molecule has 0 bridgehead atoms. The zero-order chi connectivity index (χ0) is 18.5. The molecule has 0 spiro atoms. The van der Waals surface area contributed by atoms with E-state index in [4.69, 9.17) is 0 Å². The van der Waals surface area contributed by atoms with Crippen molar-refractivity contribution in [3.8, 4) is 0 Å². The Balaban J connectivity index is 1.40. The van der Waals surface area contributed by atoms with Crippen molar-refractivity contribution in [2.45, 2.75) is 32.7 Å². The van der Waals surface area contributed by atoms with E-state index in [9.17, 15) is 14.0 Å². The highest BCUT2D eigenvalue weighted by Crippen LogP contribution is 2.37. The second kappa shape index (κ2) is 8.62. The fourth-order valence-corrected chi connectivity index (χ4v) is 3.52. The zero-order valence-electron chi connectivity index (χ0n) is 15.4. The number of hydrogen-bond acceptors (Lipinski definition) is 3. The van der Waals surface area contributed by atoms with Crippen molar-refractivity contribution >= 4 is 11.8 Å². The third kappa shape index (κ3) is 5.04. The fourth-order valence-electron chi connectivity index (χ4n) is 3.52. The molecule has 142 valence electrons. The van der Waals surface area contributed by atoms with Gasteiger partial charge in [0.15, 0.2) is 0 Å². The summed E-state index contributed by atoms with van der Waals surface area (Å²) in [5, 5.41) is 2.87. The molecule has 2 amide bonds. The highest BCUT2D eigenvalue weighted by molar-refractivity contribution is 5.82. The molecule has 1 heterocycles. The van der Waals surface area contributed by atoms with E-state index < -0.39 is 0 Å². The number of halogens is 1. The van der Waals surface area contributed by atoms with Crippen molar-refractivity contribution in [3.63, 3.8) is 0 Å². The third-order valence-corrected chi connectivity index (χ3v) is 5.38. The Kier molecular flexibility index (Phi) is 6.25. The van der Waals surface area contributed by atoms with Crippen molar-refractivity contribution in [2.24, 2.45) is 11.8 Å². The maximum Gasteiger partial charge on any atom is 0.224 e. The minimum atomic E-state index is -0.176. The van der Waals surface area contributed by atoms with Crippen LogP contribution in [0.3, 0.4) is 0 Å². The number of carbonyl (C=O) groups excluding carboxylic acids is 2. The van der Waals surface area contributed by atoms with Gasteiger partial charge in [-0.2, -0.15) is 0 Å². The van der Waals surface area contributed by atoms with E-state index in [1.165, 1.54) is 6.07 Å². The molecule has 1 aromatic carbocycles. The predicted octanol–water partition coefficient (Wildman–Crippen LogP) is 2.02. The second-order valence-corrected chi connectivity index (χ2v) is 7.46. The molecule has 5 nitrogen and oxygen atoms in total. The van der Waals surface area contributed by atoms with Gasteiger partial charge >= 0.3 is 0 Å². The van der Waals surface area contributed by atoms with Crippen molar-refractivity contribution in [2.75, 3.05) is 32.7 Å². The summed E-state index contributed by atoms with van der Waals surface area (Å²) < 4.78 is 13.8. The normalized spacial score (nSPS) is 23.4. The molecule has 3 rings (SSSR count). The Morgan fingerprint density at radius 3 is 2.69 bits per heavy atom. The van der Waals surface area contributed by atoms with E-state index in [0.717, 1.165) is 32.5 Å². The number of rotatable bonds is 6. The predicted molar refractivity (Wildman–Crippen MR) is 97.8 cm³/mol. The number of hydrogen-bond donors (Lipinski definition) is 1. The van der Waals surface area contributed by atoms with Gasteiger partial charge in [-0.15, -0.1) is 0 Å². The first kappa shape index (κ1) is 18.8. The molecule has 1 aromatic rings. The summed E-state index contributed by atoms with van der Waals surface area (Å²) in [5.41, 5.74) is 0.698. The van der Waals surface area contributed by atoms with Crippen LogP contribution in [0.25, 0.3) is 0 Å². The molecule has 2 atom stereocenters. The quantitative estimate of drug-likeness (QED) is 0.843. The summed E-state index contributed by atoms with van der Waals surface area (Å²) in [6, 6.07) is 6.85. The van der Waals surface area contributed by atoms with Crippen LogP contribution in [0.1, 0.15) is 31.7 Å². The molecule has 1 N–H and O–H groups in total. The van der Waals surface area contributed by atoms with E-state index in [1.54, 1.807) is 6.07 Å².